The average Bonchev–Trinajstić information content (AvgIpc) is 3.44. The van der Waals surface area contributed by atoms with Crippen molar-refractivity contribution in [3.63, 3.8) is 0 Å². The molecule has 2 fully saturated rings. The van der Waals surface area contributed by atoms with Gasteiger partial charge in [-0.3, -0.25) is 25.3 Å². The van der Waals surface area contributed by atoms with E-state index in [0.717, 1.165) is 31.2 Å². The fraction of sp³-hybridized carbons (Fsp3) is 0.556. The molecule has 2 N–H and O–H groups in total. The summed E-state index contributed by atoms with van der Waals surface area (Å²) in [6.07, 6.45) is 5.55. The molecule has 0 spiro atoms. The van der Waals surface area contributed by atoms with E-state index in [4.69, 9.17) is 9.57 Å². The van der Waals surface area contributed by atoms with Gasteiger partial charge in [0.1, 0.15) is 12.4 Å². The number of nitrogens with zero attached hydrogens (tertiary/aromatic N) is 4. The van der Waals surface area contributed by atoms with Crippen LogP contribution in [0, 0.1) is 24.6 Å². The minimum Gasteiger partial charge on any atom is -0.377 e. The maximum absolute atomic E-state index is 15.4. The van der Waals surface area contributed by atoms with E-state index in [1.807, 2.05) is 42.2 Å². The Morgan fingerprint density at radius 1 is 1.29 bits per heavy atom. The number of aromatic nitrogens is 2. The summed E-state index contributed by atoms with van der Waals surface area (Å²) < 4.78 is 20.9. The number of carbonyl (C=O) groups excluding carboxylic acids is 2. The number of hydrogen-bond acceptors (Lipinski definition) is 8. The van der Waals surface area contributed by atoms with Crippen LogP contribution in [0.25, 0.3) is 0 Å². The SMILES string of the molecule is Cc1nc(NNC(=O)[C@H](CC2CCCC2)CN(C=O)OCc2ccccc2)c(F)c(N2CCOC[C@@H]2C)n1. The Morgan fingerprint density at radius 2 is 2.05 bits per heavy atom. The van der Waals surface area contributed by atoms with Gasteiger partial charge in [0.25, 0.3) is 0 Å². The molecule has 206 valence electrons. The highest BCUT2D eigenvalue weighted by Gasteiger charge is 2.29. The lowest BCUT2D eigenvalue weighted by atomic mass is 9.92. The van der Waals surface area contributed by atoms with Gasteiger partial charge in [0.05, 0.1) is 31.7 Å². The van der Waals surface area contributed by atoms with Gasteiger partial charge in [-0.25, -0.2) is 15.0 Å². The molecule has 2 aliphatic rings. The van der Waals surface area contributed by atoms with Crippen molar-refractivity contribution in [1.82, 2.24) is 20.5 Å². The van der Waals surface area contributed by atoms with Crippen molar-refractivity contribution in [1.29, 1.82) is 0 Å². The second-order valence-corrected chi connectivity index (χ2v) is 10.0. The van der Waals surface area contributed by atoms with Crippen molar-refractivity contribution < 1.29 is 23.6 Å². The molecule has 1 aliphatic heterocycles. The van der Waals surface area contributed by atoms with E-state index in [2.05, 4.69) is 20.8 Å². The fourth-order valence-electron chi connectivity index (χ4n) is 5.07. The lowest BCUT2D eigenvalue weighted by Gasteiger charge is -2.34. The molecule has 4 rings (SSSR count). The van der Waals surface area contributed by atoms with E-state index in [-0.39, 0.29) is 36.7 Å². The third kappa shape index (κ3) is 7.38. The second kappa shape index (κ2) is 13.5. The second-order valence-electron chi connectivity index (χ2n) is 10.0. The lowest BCUT2D eigenvalue weighted by molar-refractivity contribution is -0.182. The average molecular weight is 529 g/mol. The highest BCUT2D eigenvalue weighted by Crippen LogP contribution is 2.31. The topological polar surface area (TPSA) is 109 Å². The van der Waals surface area contributed by atoms with Crippen LogP contribution in [-0.2, 0) is 25.8 Å². The van der Waals surface area contributed by atoms with Gasteiger partial charge in [-0.05, 0) is 31.7 Å². The molecule has 2 amide bonds. The molecular weight excluding hydrogens is 491 g/mol. The summed E-state index contributed by atoms with van der Waals surface area (Å²) in [5, 5.41) is 1.17. The van der Waals surface area contributed by atoms with Crippen LogP contribution in [0.2, 0.25) is 0 Å². The molecule has 1 saturated heterocycles. The fourth-order valence-corrected chi connectivity index (χ4v) is 5.07. The number of hydrazine groups is 1. The van der Waals surface area contributed by atoms with Gasteiger partial charge in [-0.1, -0.05) is 56.0 Å². The molecule has 11 heteroatoms. The zero-order valence-corrected chi connectivity index (χ0v) is 22.1. The summed E-state index contributed by atoms with van der Waals surface area (Å²) in [6, 6.07) is 9.45. The Labute approximate surface area is 222 Å². The minimum atomic E-state index is -0.641. The van der Waals surface area contributed by atoms with Crippen molar-refractivity contribution in [3.05, 3.63) is 47.5 Å². The zero-order chi connectivity index (χ0) is 26.9. The number of hydrogen-bond donors (Lipinski definition) is 2. The van der Waals surface area contributed by atoms with Gasteiger partial charge < -0.3 is 9.64 Å². The van der Waals surface area contributed by atoms with Crippen LogP contribution in [0.1, 0.15) is 50.4 Å². The maximum atomic E-state index is 15.4. The molecule has 2 aromatic rings. The Kier molecular flexibility index (Phi) is 9.83. The van der Waals surface area contributed by atoms with Crippen molar-refractivity contribution in [2.75, 3.05) is 36.6 Å². The number of ether oxygens (including phenoxy) is 1. The third-order valence-corrected chi connectivity index (χ3v) is 7.11. The predicted octanol–water partition coefficient (Wildman–Crippen LogP) is 3.38. The molecule has 1 aliphatic carbocycles. The Balaban J connectivity index is 1.43. The molecule has 38 heavy (non-hydrogen) atoms. The van der Waals surface area contributed by atoms with Crippen molar-refractivity contribution >= 4 is 24.0 Å². The Bertz CT molecular complexity index is 1070. The lowest BCUT2D eigenvalue weighted by Crippen LogP contribution is -2.45. The first-order chi connectivity index (χ1) is 18.4. The molecule has 1 aromatic heterocycles. The summed E-state index contributed by atoms with van der Waals surface area (Å²) in [6.45, 7) is 5.38. The predicted molar refractivity (Wildman–Crippen MR) is 140 cm³/mol. The number of amides is 2. The summed E-state index contributed by atoms with van der Waals surface area (Å²) in [7, 11) is 0. The number of halogens is 1. The van der Waals surface area contributed by atoms with Gasteiger partial charge in [-0.2, -0.15) is 4.39 Å². The summed E-state index contributed by atoms with van der Waals surface area (Å²) in [5.41, 5.74) is 6.21. The molecule has 2 heterocycles. The minimum absolute atomic E-state index is 0.0454. The maximum Gasteiger partial charge on any atom is 0.243 e. The van der Waals surface area contributed by atoms with E-state index >= 15 is 4.39 Å². The highest BCUT2D eigenvalue weighted by molar-refractivity contribution is 5.80. The smallest absolute Gasteiger partial charge is 0.243 e. The van der Waals surface area contributed by atoms with Crippen LogP contribution in [-0.4, -0.2) is 59.7 Å². The van der Waals surface area contributed by atoms with Crippen LogP contribution < -0.4 is 15.8 Å². The van der Waals surface area contributed by atoms with Crippen LogP contribution in [0.5, 0.6) is 0 Å². The number of carbonyl (C=O) groups is 2. The van der Waals surface area contributed by atoms with Crippen molar-refractivity contribution in [3.8, 4) is 0 Å². The first kappa shape index (κ1) is 27.7. The molecule has 1 aromatic carbocycles. The van der Waals surface area contributed by atoms with Gasteiger partial charge in [0.2, 0.25) is 18.1 Å². The molecule has 0 radical (unpaired) electrons. The molecule has 0 bridgehead atoms. The standard InChI is InChI=1S/C27H37FN6O4/c1-19-16-37-13-12-34(19)26-24(28)25(29-20(2)30-26)31-32-27(36)23(14-21-8-6-7-9-21)15-33(18-35)38-17-22-10-4-3-5-11-22/h3-5,10-11,18-19,21,23H,6-9,12-17H2,1-2H3,(H,32,36)(H,29,30,31)/t19-,23+/m0/s1. The summed E-state index contributed by atoms with van der Waals surface area (Å²) in [5.74, 6) is -0.708. The number of aryl methyl sites for hydroxylation is 1. The first-order valence-corrected chi connectivity index (χ1v) is 13.3. The molecule has 0 unspecified atom stereocenters. The van der Waals surface area contributed by atoms with E-state index in [1.165, 1.54) is 5.06 Å². The van der Waals surface area contributed by atoms with Crippen LogP contribution in [0.3, 0.4) is 0 Å². The van der Waals surface area contributed by atoms with Crippen molar-refractivity contribution in [2.45, 2.75) is 58.6 Å². The number of nitrogens with one attached hydrogen (secondary N) is 2. The first-order valence-electron chi connectivity index (χ1n) is 13.3. The zero-order valence-electron chi connectivity index (χ0n) is 22.1. The number of morpholine rings is 1. The number of benzene rings is 1. The van der Waals surface area contributed by atoms with Crippen LogP contribution in [0.15, 0.2) is 30.3 Å². The number of hydroxylamine groups is 2. The third-order valence-electron chi connectivity index (χ3n) is 7.11. The van der Waals surface area contributed by atoms with Crippen LogP contribution >= 0.6 is 0 Å². The molecular formula is C27H37FN6O4. The van der Waals surface area contributed by atoms with Crippen molar-refractivity contribution in [2.24, 2.45) is 11.8 Å². The molecule has 2 atom stereocenters. The van der Waals surface area contributed by atoms with Gasteiger partial charge in [0, 0.05) is 6.54 Å². The Morgan fingerprint density at radius 3 is 2.76 bits per heavy atom. The normalized spacial score (nSPS) is 18.7. The summed E-state index contributed by atoms with van der Waals surface area (Å²) >= 11 is 0. The van der Waals surface area contributed by atoms with Gasteiger partial charge in [0.15, 0.2) is 11.6 Å². The van der Waals surface area contributed by atoms with E-state index < -0.39 is 11.7 Å². The van der Waals surface area contributed by atoms with E-state index in [1.54, 1.807) is 6.92 Å². The Hall–Kier alpha value is -3.31. The van der Waals surface area contributed by atoms with E-state index in [0.29, 0.717) is 44.3 Å². The van der Waals surface area contributed by atoms with Crippen LogP contribution in [0.4, 0.5) is 16.0 Å². The molecule has 10 nitrogen and oxygen atoms in total. The largest absolute Gasteiger partial charge is 0.377 e. The summed E-state index contributed by atoms with van der Waals surface area (Å²) in [4.78, 5) is 41.1. The monoisotopic (exact) mass is 528 g/mol. The van der Waals surface area contributed by atoms with Gasteiger partial charge in [-0.15, -0.1) is 0 Å². The quantitative estimate of drug-likeness (QED) is 0.319. The number of rotatable bonds is 12. The van der Waals surface area contributed by atoms with Gasteiger partial charge >= 0.3 is 0 Å². The highest BCUT2D eigenvalue weighted by atomic mass is 19.1. The molecule has 1 saturated carbocycles. The van der Waals surface area contributed by atoms with E-state index in [9.17, 15) is 9.59 Å². The number of anilines is 2.